The number of aryl methyl sites for hydroxylation is 4. The average molecular weight is 370 g/mol. The zero-order chi connectivity index (χ0) is 19.0. The summed E-state index contributed by atoms with van der Waals surface area (Å²) >= 11 is 0. The Bertz CT molecular complexity index is 929. The van der Waals surface area contributed by atoms with Crippen molar-refractivity contribution in [1.82, 2.24) is 29.6 Å². The minimum Gasteiger partial charge on any atom is -0.355 e. The molecule has 0 saturated carbocycles. The lowest BCUT2D eigenvalue weighted by atomic mass is 9.95. The number of amides is 1. The molecule has 27 heavy (non-hydrogen) atoms. The first kappa shape index (κ1) is 17.9. The van der Waals surface area contributed by atoms with E-state index < -0.39 is 0 Å². The van der Waals surface area contributed by atoms with Crippen molar-refractivity contribution < 1.29 is 4.79 Å². The fourth-order valence-corrected chi connectivity index (χ4v) is 4.15. The summed E-state index contributed by atoms with van der Waals surface area (Å²) in [7, 11) is 1.64. The number of nitrogens with one attached hydrogen (secondary N) is 1. The van der Waals surface area contributed by atoms with Crippen LogP contribution in [0.25, 0.3) is 0 Å². The van der Waals surface area contributed by atoms with E-state index in [1.165, 1.54) is 28.8 Å². The average Bonchev–Trinajstić information content (AvgIpc) is 2.95. The first-order valence-electron chi connectivity index (χ1n) is 9.78. The van der Waals surface area contributed by atoms with Gasteiger partial charge in [0.05, 0.1) is 5.92 Å². The van der Waals surface area contributed by atoms with Crippen LogP contribution < -0.4 is 11.0 Å². The molecule has 0 fully saturated rings. The molecule has 1 amide bonds. The number of nitrogens with zero attached hydrogens (tertiary/aromatic N) is 5. The highest BCUT2D eigenvalue weighted by molar-refractivity contribution is 5.78. The molecule has 8 nitrogen and oxygen atoms in total. The van der Waals surface area contributed by atoms with Crippen molar-refractivity contribution in [2.24, 2.45) is 13.0 Å². The van der Waals surface area contributed by atoms with Gasteiger partial charge in [0.2, 0.25) is 5.91 Å². The summed E-state index contributed by atoms with van der Waals surface area (Å²) in [6.07, 6.45) is 6.52. The summed E-state index contributed by atoms with van der Waals surface area (Å²) in [5.74, 6) is 1.38. The number of hydrogen-bond donors (Lipinski definition) is 1. The highest BCUT2D eigenvalue weighted by Crippen LogP contribution is 2.21. The molecule has 0 spiro atoms. The summed E-state index contributed by atoms with van der Waals surface area (Å²) in [6.45, 7) is 2.98. The smallest absolute Gasteiger partial charge is 0.345 e. The predicted octanol–water partition coefficient (Wildman–Crippen LogP) is 0.480. The van der Waals surface area contributed by atoms with Crippen molar-refractivity contribution in [3.63, 3.8) is 0 Å². The minimum absolute atomic E-state index is 0.00825. The maximum absolute atomic E-state index is 12.5. The standard InChI is InChI=1S/C19H26N6O2/c1-12-14-5-3-4-6-15(14)22-16(21-12)9-10-20-18(26)13-7-8-17-23-24(2)19(27)25(17)11-13/h13H,3-11H2,1-2H3,(H,20,26)/t13-/m1/s1. The van der Waals surface area contributed by atoms with Crippen LogP contribution in [0.15, 0.2) is 4.79 Å². The third-order valence-electron chi connectivity index (χ3n) is 5.66. The predicted molar refractivity (Wildman–Crippen MR) is 99.4 cm³/mol. The van der Waals surface area contributed by atoms with Gasteiger partial charge < -0.3 is 5.32 Å². The van der Waals surface area contributed by atoms with Crippen molar-refractivity contribution in [3.05, 3.63) is 39.1 Å². The third-order valence-corrected chi connectivity index (χ3v) is 5.66. The van der Waals surface area contributed by atoms with Crippen LogP contribution in [0.2, 0.25) is 0 Å². The number of hydrogen-bond acceptors (Lipinski definition) is 5. The monoisotopic (exact) mass is 370 g/mol. The maximum Gasteiger partial charge on any atom is 0.345 e. The SMILES string of the molecule is Cc1nc(CCNC(=O)[C@@H]2CCc3nn(C)c(=O)n3C2)nc2c1CCCC2. The molecule has 2 aromatic rings. The van der Waals surface area contributed by atoms with Gasteiger partial charge in [-0.1, -0.05) is 0 Å². The van der Waals surface area contributed by atoms with Crippen molar-refractivity contribution in [1.29, 1.82) is 0 Å². The summed E-state index contributed by atoms with van der Waals surface area (Å²) in [5.41, 5.74) is 3.43. The first-order chi connectivity index (χ1) is 13.0. The molecule has 0 saturated heterocycles. The summed E-state index contributed by atoms with van der Waals surface area (Å²) in [6, 6.07) is 0. The number of aromatic nitrogens is 5. The van der Waals surface area contributed by atoms with Gasteiger partial charge in [-0.05, 0) is 44.6 Å². The molecule has 0 radical (unpaired) electrons. The van der Waals surface area contributed by atoms with E-state index in [1.54, 1.807) is 11.6 Å². The topological polar surface area (TPSA) is 94.7 Å². The Kier molecular flexibility index (Phi) is 4.80. The molecule has 0 bridgehead atoms. The molecule has 1 aliphatic heterocycles. The number of carbonyl (C=O) groups excluding carboxylic acids is 1. The van der Waals surface area contributed by atoms with Crippen LogP contribution in [-0.4, -0.2) is 36.8 Å². The van der Waals surface area contributed by atoms with Crippen LogP contribution in [0.3, 0.4) is 0 Å². The van der Waals surface area contributed by atoms with E-state index in [0.717, 1.165) is 36.6 Å². The molecule has 144 valence electrons. The largest absolute Gasteiger partial charge is 0.355 e. The first-order valence-corrected chi connectivity index (χ1v) is 9.78. The van der Waals surface area contributed by atoms with Crippen LogP contribution in [0.4, 0.5) is 0 Å². The van der Waals surface area contributed by atoms with Crippen LogP contribution in [0.5, 0.6) is 0 Å². The van der Waals surface area contributed by atoms with Gasteiger partial charge in [0.25, 0.3) is 0 Å². The fraction of sp³-hybridized carbons (Fsp3) is 0.632. The quantitative estimate of drug-likeness (QED) is 0.845. The van der Waals surface area contributed by atoms with E-state index in [9.17, 15) is 9.59 Å². The van der Waals surface area contributed by atoms with E-state index in [-0.39, 0.29) is 17.5 Å². The Labute approximate surface area is 158 Å². The van der Waals surface area contributed by atoms with E-state index in [1.807, 2.05) is 0 Å². The molecular weight excluding hydrogens is 344 g/mol. The van der Waals surface area contributed by atoms with Crippen molar-refractivity contribution in [2.45, 2.75) is 58.4 Å². The van der Waals surface area contributed by atoms with E-state index in [2.05, 4.69) is 22.3 Å². The maximum atomic E-state index is 12.5. The van der Waals surface area contributed by atoms with Gasteiger partial charge in [0.15, 0.2) is 0 Å². The van der Waals surface area contributed by atoms with Gasteiger partial charge in [-0.3, -0.25) is 9.36 Å². The van der Waals surface area contributed by atoms with Crippen LogP contribution in [0, 0.1) is 12.8 Å². The molecule has 0 aromatic carbocycles. The third kappa shape index (κ3) is 3.52. The van der Waals surface area contributed by atoms with Crippen molar-refractivity contribution in [2.75, 3.05) is 6.54 Å². The van der Waals surface area contributed by atoms with Crippen molar-refractivity contribution in [3.8, 4) is 0 Å². The summed E-state index contributed by atoms with van der Waals surface area (Å²) in [4.78, 5) is 33.9. The summed E-state index contributed by atoms with van der Waals surface area (Å²) < 4.78 is 2.95. The highest BCUT2D eigenvalue weighted by Gasteiger charge is 2.27. The molecule has 1 N–H and O–H groups in total. The number of fused-ring (bicyclic) bond motifs is 2. The van der Waals surface area contributed by atoms with Gasteiger partial charge in [-0.15, -0.1) is 0 Å². The van der Waals surface area contributed by atoms with Crippen LogP contribution >= 0.6 is 0 Å². The number of rotatable bonds is 4. The zero-order valence-corrected chi connectivity index (χ0v) is 16.0. The molecule has 2 aromatic heterocycles. The van der Waals surface area contributed by atoms with Crippen LogP contribution in [-0.2, 0) is 44.1 Å². The second kappa shape index (κ2) is 7.25. The van der Waals surface area contributed by atoms with Crippen LogP contribution in [0.1, 0.15) is 47.9 Å². The lowest BCUT2D eigenvalue weighted by molar-refractivity contribution is -0.125. The van der Waals surface area contributed by atoms with Gasteiger partial charge in [0, 0.05) is 44.4 Å². The Morgan fingerprint density at radius 3 is 2.89 bits per heavy atom. The lowest BCUT2D eigenvalue weighted by Crippen LogP contribution is -2.39. The van der Waals surface area contributed by atoms with E-state index >= 15 is 0 Å². The van der Waals surface area contributed by atoms with Crippen molar-refractivity contribution >= 4 is 5.91 Å². The molecular formula is C19H26N6O2. The molecule has 2 aliphatic rings. The lowest BCUT2D eigenvalue weighted by Gasteiger charge is -2.21. The zero-order valence-electron chi connectivity index (χ0n) is 16.0. The molecule has 0 unspecified atom stereocenters. The molecule has 4 rings (SSSR count). The normalized spacial score (nSPS) is 18.7. The second-order valence-corrected chi connectivity index (χ2v) is 7.57. The Morgan fingerprint density at radius 2 is 2.04 bits per heavy atom. The number of carbonyl (C=O) groups is 1. The van der Waals surface area contributed by atoms with E-state index in [4.69, 9.17) is 4.98 Å². The van der Waals surface area contributed by atoms with Gasteiger partial charge >= 0.3 is 5.69 Å². The fourth-order valence-electron chi connectivity index (χ4n) is 4.15. The Morgan fingerprint density at radius 1 is 1.22 bits per heavy atom. The highest BCUT2D eigenvalue weighted by atomic mass is 16.2. The Balaban J connectivity index is 1.34. The molecule has 1 atom stereocenters. The summed E-state index contributed by atoms with van der Waals surface area (Å²) in [5, 5.41) is 7.20. The van der Waals surface area contributed by atoms with E-state index in [0.29, 0.717) is 25.9 Å². The Hall–Kier alpha value is -2.51. The second-order valence-electron chi connectivity index (χ2n) is 7.57. The minimum atomic E-state index is -0.189. The molecule has 3 heterocycles. The van der Waals surface area contributed by atoms with Gasteiger partial charge in [0.1, 0.15) is 11.6 Å². The van der Waals surface area contributed by atoms with Gasteiger partial charge in [-0.2, -0.15) is 5.10 Å². The molecule has 1 aliphatic carbocycles. The molecule has 8 heteroatoms. The van der Waals surface area contributed by atoms with Gasteiger partial charge in [-0.25, -0.2) is 19.4 Å².